The van der Waals surface area contributed by atoms with Gasteiger partial charge in [0, 0.05) is 18.7 Å². The van der Waals surface area contributed by atoms with Gasteiger partial charge in [-0.25, -0.2) is 0 Å². The van der Waals surface area contributed by atoms with Crippen molar-refractivity contribution in [3.8, 4) is 11.5 Å². The second-order valence-corrected chi connectivity index (χ2v) is 13.0. The molecule has 1 aromatic rings. The summed E-state index contributed by atoms with van der Waals surface area (Å²) in [7, 11) is 1.40. The normalized spacial score (nSPS) is 29.6. The zero-order chi connectivity index (χ0) is 30.3. The minimum absolute atomic E-state index is 0.0203. The van der Waals surface area contributed by atoms with Gasteiger partial charge >= 0.3 is 12.1 Å². The summed E-state index contributed by atoms with van der Waals surface area (Å²) in [6.07, 6.45) is -0.512. The first-order valence-corrected chi connectivity index (χ1v) is 14.4. The van der Waals surface area contributed by atoms with E-state index in [1.54, 1.807) is 6.92 Å². The average Bonchev–Trinajstić information content (AvgIpc) is 3.51. The number of carbonyl (C=O) groups is 3. The molecule has 3 aliphatic carbocycles. The molecule has 3 fully saturated rings. The maximum absolute atomic E-state index is 13.6. The van der Waals surface area contributed by atoms with Crippen molar-refractivity contribution in [3.05, 3.63) is 22.7 Å². The number of amides is 2. The van der Waals surface area contributed by atoms with E-state index < -0.39 is 53.3 Å². The minimum Gasteiger partial charge on any atom is -0.496 e. The van der Waals surface area contributed by atoms with E-state index in [0.717, 1.165) is 33.1 Å². The Balaban J connectivity index is 1.48. The summed E-state index contributed by atoms with van der Waals surface area (Å²) < 4.78 is 51.5. The molecule has 2 bridgehead atoms. The maximum atomic E-state index is 13.6. The van der Waals surface area contributed by atoms with Crippen LogP contribution in [0.25, 0.3) is 0 Å². The van der Waals surface area contributed by atoms with E-state index in [0.29, 0.717) is 25.7 Å². The molecular weight excluding hydrogens is 565 g/mol. The van der Waals surface area contributed by atoms with Gasteiger partial charge in [0.15, 0.2) is 0 Å². The number of carboxylic acid groups (broad SMARTS) is 1. The minimum atomic E-state index is -4.47. The van der Waals surface area contributed by atoms with Crippen molar-refractivity contribution < 1.29 is 42.1 Å². The number of carboxylic acids is 1. The number of benzene rings is 1. The van der Waals surface area contributed by atoms with Gasteiger partial charge in [-0.15, -0.1) is 0 Å². The number of halogens is 4. The Morgan fingerprint density at radius 3 is 2.29 bits per heavy atom. The van der Waals surface area contributed by atoms with E-state index in [1.165, 1.54) is 19.2 Å². The summed E-state index contributed by atoms with van der Waals surface area (Å²) in [5, 5.41) is 15.2. The van der Waals surface area contributed by atoms with Crippen LogP contribution >= 0.6 is 11.6 Å². The number of hydrogen-bond acceptors (Lipinski definition) is 5. The van der Waals surface area contributed by atoms with Gasteiger partial charge in [0.1, 0.15) is 11.5 Å². The Bertz CT molecular complexity index is 1180. The van der Waals surface area contributed by atoms with Gasteiger partial charge < -0.3 is 25.2 Å². The molecule has 228 valence electrons. The molecule has 0 aromatic heterocycles. The van der Waals surface area contributed by atoms with E-state index in [9.17, 15) is 32.7 Å². The molecule has 1 aromatic carbocycles. The van der Waals surface area contributed by atoms with E-state index in [1.807, 2.05) is 0 Å². The number of alkyl halides is 3. The maximum Gasteiger partial charge on any atom is 0.395 e. The van der Waals surface area contributed by atoms with Gasteiger partial charge in [0.25, 0.3) is 5.91 Å². The van der Waals surface area contributed by atoms with Crippen molar-refractivity contribution in [2.24, 2.45) is 28.6 Å². The monoisotopic (exact) mass is 602 g/mol. The number of ether oxygens (including phenoxy) is 2. The van der Waals surface area contributed by atoms with Crippen molar-refractivity contribution in [2.75, 3.05) is 13.7 Å². The second-order valence-electron chi connectivity index (χ2n) is 12.6. The summed E-state index contributed by atoms with van der Waals surface area (Å²) in [5.74, 6) is -1.98. The lowest BCUT2D eigenvalue weighted by Crippen LogP contribution is -2.52. The summed E-state index contributed by atoms with van der Waals surface area (Å²) >= 11 is 6.44. The highest BCUT2D eigenvalue weighted by atomic mass is 35.5. The molecule has 8 nitrogen and oxygen atoms in total. The fourth-order valence-electron chi connectivity index (χ4n) is 6.34. The van der Waals surface area contributed by atoms with Gasteiger partial charge in [-0.1, -0.05) is 11.6 Å². The van der Waals surface area contributed by atoms with Crippen LogP contribution in [0.3, 0.4) is 0 Å². The number of rotatable bonds is 9. The molecule has 4 rings (SSSR count). The van der Waals surface area contributed by atoms with Crippen LogP contribution in [0.4, 0.5) is 13.2 Å². The average molecular weight is 603 g/mol. The van der Waals surface area contributed by atoms with Crippen LogP contribution in [-0.4, -0.2) is 54.9 Å². The Labute approximate surface area is 242 Å². The first-order valence-electron chi connectivity index (χ1n) is 14.0. The number of carbonyl (C=O) groups excluding carboxylic acids is 2. The molecule has 0 radical (unpaired) electrons. The van der Waals surface area contributed by atoms with Crippen LogP contribution in [0.2, 0.25) is 5.02 Å². The highest BCUT2D eigenvalue weighted by molar-refractivity contribution is 6.32. The summed E-state index contributed by atoms with van der Waals surface area (Å²) in [4.78, 5) is 38.3. The lowest BCUT2D eigenvalue weighted by atomic mass is 9.75. The van der Waals surface area contributed by atoms with E-state index in [-0.39, 0.29) is 40.0 Å². The smallest absolute Gasteiger partial charge is 0.395 e. The third-order valence-corrected chi connectivity index (χ3v) is 9.63. The quantitative estimate of drug-likeness (QED) is 0.339. The molecule has 4 atom stereocenters. The Morgan fingerprint density at radius 1 is 1.07 bits per heavy atom. The van der Waals surface area contributed by atoms with Crippen molar-refractivity contribution in [2.45, 2.75) is 84.0 Å². The number of aliphatic carboxylic acids is 1. The standard InChI is InChI=1S/C29H38ClF3N2O6/c1-27(2,29(31,32)33)14-34-25(37)22-15-5-6-16(11-15)23(22)35-24(36)18-12-21(19(30)13-20(18)40-4)41-17-7-9-28(3,10-8-17)26(38)39/h12-13,15-17,22-23H,5-11,14H2,1-4H3,(H,34,37)(H,35,36)(H,38,39). The predicted octanol–water partition coefficient (Wildman–Crippen LogP) is 5.61. The molecular formula is C29H38ClF3N2O6. The fourth-order valence-corrected chi connectivity index (χ4v) is 6.54. The van der Waals surface area contributed by atoms with Gasteiger partial charge in [0.2, 0.25) is 5.91 Å². The lowest BCUT2D eigenvalue weighted by molar-refractivity contribution is -0.209. The Kier molecular flexibility index (Phi) is 8.79. The molecule has 12 heteroatoms. The van der Waals surface area contributed by atoms with Crippen LogP contribution in [0.1, 0.15) is 76.1 Å². The van der Waals surface area contributed by atoms with Crippen LogP contribution < -0.4 is 20.1 Å². The molecule has 0 heterocycles. The summed E-state index contributed by atoms with van der Waals surface area (Å²) in [6, 6.07) is 2.42. The molecule has 4 unspecified atom stereocenters. The molecule has 41 heavy (non-hydrogen) atoms. The highest BCUT2D eigenvalue weighted by Crippen LogP contribution is 2.49. The fraction of sp³-hybridized carbons (Fsp3) is 0.690. The Morgan fingerprint density at radius 2 is 1.71 bits per heavy atom. The van der Waals surface area contributed by atoms with Crippen molar-refractivity contribution in [3.63, 3.8) is 0 Å². The highest BCUT2D eigenvalue weighted by Gasteiger charge is 2.53. The van der Waals surface area contributed by atoms with Gasteiger partial charge in [-0.3, -0.25) is 14.4 Å². The molecule has 3 aliphatic rings. The van der Waals surface area contributed by atoms with Gasteiger partial charge in [-0.2, -0.15) is 13.2 Å². The van der Waals surface area contributed by atoms with Crippen molar-refractivity contribution >= 4 is 29.4 Å². The third-order valence-electron chi connectivity index (χ3n) is 9.33. The molecule has 0 saturated heterocycles. The Hall–Kier alpha value is -2.69. The molecule has 3 saturated carbocycles. The van der Waals surface area contributed by atoms with Crippen LogP contribution in [0, 0.1) is 28.6 Å². The van der Waals surface area contributed by atoms with E-state index in [4.69, 9.17) is 21.1 Å². The first kappa shape index (κ1) is 31.3. The third kappa shape index (κ3) is 6.39. The number of hydrogen-bond donors (Lipinski definition) is 3. The van der Waals surface area contributed by atoms with Crippen molar-refractivity contribution in [1.29, 1.82) is 0 Å². The summed E-state index contributed by atoms with van der Waals surface area (Å²) in [5.41, 5.74) is -2.74. The predicted molar refractivity (Wildman–Crippen MR) is 145 cm³/mol. The van der Waals surface area contributed by atoms with Gasteiger partial charge in [-0.05, 0) is 83.6 Å². The summed E-state index contributed by atoms with van der Waals surface area (Å²) in [6.45, 7) is 3.24. The molecule has 2 amide bonds. The van der Waals surface area contributed by atoms with Crippen LogP contribution in [0.5, 0.6) is 11.5 Å². The van der Waals surface area contributed by atoms with Crippen molar-refractivity contribution in [1.82, 2.24) is 10.6 Å². The second kappa shape index (κ2) is 11.5. The van der Waals surface area contributed by atoms with E-state index >= 15 is 0 Å². The number of nitrogens with one attached hydrogen (secondary N) is 2. The largest absolute Gasteiger partial charge is 0.496 e. The SMILES string of the molecule is COc1cc(Cl)c(OC2CCC(C)(C(=O)O)CC2)cc1C(=O)NC1C2CCC(C2)C1C(=O)NCC(C)(C)C(F)(F)F. The first-order chi connectivity index (χ1) is 19.1. The van der Waals surface area contributed by atoms with Crippen LogP contribution in [-0.2, 0) is 9.59 Å². The zero-order valence-electron chi connectivity index (χ0n) is 23.7. The molecule has 0 aliphatic heterocycles. The van der Waals surface area contributed by atoms with E-state index in [2.05, 4.69) is 10.6 Å². The molecule has 0 spiro atoms. The molecule has 3 N–H and O–H groups in total. The van der Waals surface area contributed by atoms with Gasteiger partial charge in [0.05, 0.1) is 40.5 Å². The lowest BCUT2D eigenvalue weighted by Gasteiger charge is -2.34. The number of methoxy groups -OCH3 is 1. The zero-order valence-corrected chi connectivity index (χ0v) is 24.5. The number of fused-ring (bicyclic) bond motifs is 2. The topological polar surface area (TPSA) is 114 Å². The van der Waals surface area contributed by atoms with Crippen LogP contribution in [0.15, 0.2) is 12.1 Å².